The van der Waals surface area contributed by atoms with E-state index in [0.717, 1.165) is 16.8 Å². The summed E-state index contributed by atoms with van der Waals surface area (Å²) in [6.07, 6.45) is 0. The average molecular weight is 250 g/mol. The fraction of sp³-hybridized carbons (Fsp3) is 0.167. The highest BCUT2D eigenvalue weighted by atomic mass is 19.1. The quantitative estimate of drug-likeness (QED) is 0.638. The number of aromatic nitrogens is 1. The Kier molecular flexibility index (Phi) is 3.01. The van der Waals surface area contributed by atoms with Gasteiger partial charge in [-0.2, -0.15) is 0 Å². The minimum Gasteiger partial charge on any atom is -0.461 e. The van der Waals surface area contributed by atoms with Gasteiger partial charge in [0.1, 0.15) is 5.82 Å². The number of fused-ring (bicyclic) bond motifs is 1. The molecule has 0 fully saturated rings. The molecule has 1 aromatic carbocycles. The van der Waals surface area contributed by atoms with Crippen molar-refractivity contribution in [2.45, 2.75) is 6.92 Å². The minimum atomic E-state index is -0.691. The van der Waals surface area contributed by atoms with Crippen LogP contribution < -0.4 is 11.3 Å². The Bertz CT molecular complexity index is 679. The van der Waals surface area contributed by atoms with Crippen LogP contribution in [0.1, 0.15) is 17.4 Å². The van der Waals surface area contributed by atoms with E-state index in [-0.39, 0.29) is 23.2 Å². The van der Waals surface area contributed by atoms with Crippen molar-refractivity contribution >= 4 is 16.9 Å². The van der Waals surface area contributed by atoms with E-state index in [4.69, 9.17) is 10.6 Å². The molecule has 0 saturated carbocycles. The molecule has 6 heteroatoms. The second kappa shape index (κ2) is 4.48. The molecule has 2 rings (SSSR count). The Labute approximate surface area is 102 Å². The van der Waals surface area contributed by atoms with E-state index in [1.54, 1.807) is 6.92 Å². The van der Waals surface area contributed by atoms with Crippen molar-refractivity contribution in [3.63, 3.8) is 0 Å². The number of nitrogens with zero attached hydrogens (tertiary/aromatic N) is 1. The number of nitrogen functional groups attached to an aromatic ring is 1. The lowest BCUT2D eigenvalue weighted by atomic mass is 10.2. The number of benzene rings is 1. The SMILES string of the molecule is CCOC(=O)c1cc(=O)c2cc(F)ccc2n1N. The average Bonchev–Trinajstić information content (AvgIpc) is 2.34. The summed E-state index contributed by atoms with van der Waals surface area (Å²) in [6, 6.07) is 4.63. The van der Waals surface area contributed by atoms with Crippen molar-refractivity contribution in [3.05, 3.63) is 46.0 Å². The van der Waals surface area contributed by atoms with Gasteiger partial charge in [0.15, 0.2) is 11.1 Å². The first kappa shape index (κ1) is 12.1. The van der Waals surface area contributed by atoms with Crippen LogP contribution in [0.2, 0.25) is 0 Å². The number of hydrogen-bond acceptors (Lipinski definition) is 4. The summed E-state index contributed by atoms with van der Waals surface area (Å²) >= 11 is 0. The first-order valence-corrected chi connectivity index (χ1v) is 5.32. The third-order valence-electron chi connectivity index (χ3n) is 2.50. The molecule has 0 aliphatic heterocycles. The van der Waals surface area contributed by atoms with E-state index in [1.165, 1.54) is 12.1 Å². The van der Waals surface area contributed by atoms with Crippen molar-refractivity contribution in [2.75, 3.05) is 12.4 Å². The monoisotopic (exact) mass is 250 g/mol. The smallest absolute Gasteiger partial charge is 0.357 e. The zero-order chi connectivity index (χ0) is 13.3. The summed E-state index contributed by atoms with van der Waals surface area (Å²) < 4.78 is 18.9. The topological polar surface area (TPSA) is 74.3 Å². The largest absolute Gasteiger partial charge is 0.461 e. The minimum absolute atomic E-state index is 0.0686. The zero-order valence-corrected chi connectivity index (χ0v) is 9.64. The highest BCUT2D eigenvalue weighted by molar-refractivity contribution is 5.91. The van der Waals surface area contributed by atoms with E-state index in [2.05, 4.69) is 0 Å². The molecular weight excluding hydrogens is 239 g/mol. The van der Waals surface area contributed by atoms with Gasteiger partial charge >= 0.3 is 5.97 Å². The molecule has 2 aromatic rings. The third-order valence-corrected chi connectivity index (χ3v) is 2.50. The molecule has 0 bridgehead atoms. The van der Waals surface area contributed by atoms with E-state index in [9.17, 15) is 14.0 Å². The van der Waals surface area contributed by atoms with E-state index in [1.807, 2.05) is 0 Å². The molecular formula is C12H11FN2O3. The Morgan fingerprint density at radius 1 is 1.44 bits per heavy atom. The molecule has 0 unspecified atom stereocenters. The highest BCUT2D eigenvalue weighted by Crippen LogP contribution is 2.12. The molecule has 1 heterocycles. The maximum absolute atomic E-state index is 13.0. The van der Waals surface area contributed by atoms with Gasteiger partial charge in [-0.05, 0) is 25.1 Å². The predicted octanol–water partition coefficient (Wildman–Crippen LogP) is 1.03. The fourth-order valence-corrected chi connectivity index (χ4v) is 1.68. The number of halogens is 1. The number of ether oxygens (including phenoxy) is 1. The lowest BCUT2D eigenvalue weighted by Gasteiger charge is -2.10. The van der Waals surface area contributed by atoms with Gasteiger partial charge < -0.3 is 10.6 Å². The Hall–Kier alpha value is -2.37. The van der Waals surface area contributed by atoms with E-state index < -0.39 is 17.2 Å². The number of carbonyl (C=O) groups excluding carboxylic acids is 1. The zero-order valence-electron chi connectivity index (χ0n) is 9.64. The summed E-state index contributed by atoms with van der Waals surface area (Å²) in [4.78, 5) is 23.4. The van der Waals surface area contributed by atoms with Crippen LogP contribution in [0.25, 0.3) is 10.9 Å². The molecule has 0 aliphatic rings. The lowest BCUT2D eigenvalue weighted by molar-refractivity contribution is 0.0516. The Morgan fingerprint density at radius 3 is 2.83 bits per heavy atom. The van der Waals surface area contributed by atoms with Gasteiger partial charge in [0.25, 0.3) is 0 Å². The van der Waals surface area contributed by atoms with Crippen LogP contribution in [0.4, 0.5) is 4.39 Å². The van der Waals surface area contributed by atoms with Crippen LogP contribution in [0.5, 0.6) is 0 Å². The van der Waals surface area contributed by atoms with Crippen LogP contribution >= 0.6 is 0 Å². The number of nitrogens with two attached hydrogens (primary N) is 1. The van der Waals surface area contributed by atoms with Gasteiger partial charge in [-0.15, -0.1) is 0 Å². The van der Waals surface area contributed by atoms with Crippen molar-refractivity contribution in [1.29, 1.82) is 0 Å². The van der Waals surface area contributed by atoms with Crippen LogP contribution in [0, 0.1) is 5.82 Å². The van der Waals surface area contributed by atoms with Gasteiger partial charge in [-0.1, -0.05) is 0 Å². The van der Waals surface area contributed by atoms with Crippen molar-refractivity contribution in [2.24, 2.45) is 0 Å². The van der Waals surface area contributed by atoms with Gasteiger partial charge in [0, 0.05) is 6.07 Å². The maximum Gasteiger partial charge on any atom is 0.357 e. The van der Waals surface area contributed by atoms with Gasteiger partial charge in [0.05, 0.1) is 17.5 Å². The maximum atomic E-state index is 13.0. The summed E-state index contributed by atoms with van der Waals surface area (Å²) in [7, 11) is 0. The van der Waals surface area contributed by atoms with Gasteiger partial charge in [0.2, 0.25) is 0 Å². The molecule has 2 N–H and O–H groups in total. The standard InChI is InChI=1S/C12H11FN2O3/c1-2-18-12(17)10-6-11(16)8-5-7(13)3-4-9(8)15(10)14/h3-6H,2,14H2,1H3. The van der Waals surface area contributed by atoms with Crippen molar-refractivity contribution in [3.8, 4) is 0 Å². The highest BCUT2D eigenvalue weighted by Gasteiger charge is 2.15. The molecule has 18 heavy (non-hydrogen) atoms. The number of hydrogen-bond donors (Lipinski definition) is 1. The Morgan fingerprint density at radius 2 is 2.17 bits per heavy atom. The summed E-state index contributed by atoms with van der Waals surface area (Å²) in [5, 5.41) is 0.116. The third kappa shape index (κ3) is 1.92. The van der Waals surface area contributed by atoms with E-state index >= 15 is 0 Å². The van der Waals surface area contributed by atoms with Gasteiger partial charge in [-0.25, -0.2) is 9.18 Å². The summed E-state index contributed by atoms with van der Waals surface area (Å²) in [6.45, 7) is 1.82. The summed E-state index contributed by atoms with van der Waals surface area (Å²) in [5.74, 6) is 4.49. The number of pyridine rings is 1. The lowest BCUT2D eigenvalue weighted by Crippen LogP contribution is -2.24. The van der Waals surface area contributed by atoms with Crippen LogP contribution in [-0.4, -0.2) is 17.3 Å². The van der Waals surface area contributed by atoms with Crippen molar-refractivity contribution in [1.82, 2.24) is 4.68 Å². The molecule has 0 aliphatic carbocycles. The normalized spacial score (nSPS) is 10.6. The molecule has 0 amide bonds. The van der Waals surface area contributed by atoms with Crippen molar-refractivity contribution < 1.29 is 13.9 Å². The number of esters is 1. The molecule has 0 atom stereocenters. The molecule has 0 saturated heterocycles. The molecule has 1 aromatic heterocycles. The molecule has 5 nitrogen and oxygen atoms in total. The first-order chi connectivity index (χ1) is 8.54. The van der Waals surface area contributed by atoms with E-state index in [0.29, 0.717) is 0 Å². The number of rotatable bonds is 2. The van der Waals surface area contributed by atoms with Crippen LogP contribution in [-0.2, 0) is 4.74 Å². The number of carbonyl (C=O) groups is 1. The van der Waals surface area contributed by atoms with Crippen LogP contribution in [0.3, 0.4) is 0 Å². The van der Waals surface area contributed by atoms with Crippen LogP contribution in [0.15, 0.2) is 29.1 Å². The summed E-state index contributed by atoms with van der Waals surface area (Å²) in [5.41, 5.74) is -0.276. The van der Waals surface area contributed by atoms with Gasteiger partial charge in [-0.3, -0.25) is 9.47 Å². The molecule has 94 valence electrons. The first-order valence-electron chi connectivity index (χ1n) is 5.32. The Balaban J connectivity index is 2.73. The second-order valence-corrected chi connectivity index (χ2v) is 3.65. The fourth-order valence-electron chi connectivity index (χ4n) is 1.68. The second-order valence-electron chi connectivity index (χ2n) is 3.65. The molecule has 0 radical (unpaired) electrons. The predicted molar refractivity (Wildman–Crippen MR) is 64.3 cm³/mol. The molecule has 0 spiro atoms.